The van der Waals surface area contributed by atoms with Gasteiger partial charge in [-0.3, -0.25) is 10.1 Å². The van der Waals surface area contributed by atoms with Crippen molar-refractivity contribution in [1.29, 1.82) is 0 Å². The minimum atomic E-state index is -0.365. The summed E-state index contributed by atoms with van der Waals surface area (Å²) in [7, 11) is 0. The van der Waals surface area contributed by atoms with Gasteiger partial charge in [0.05, 0.1) is 17.8 Å². The first-order valence-corrected chi connectivity index (χ1v) is 8.89. The van der Waals surface area contributed by atoms with Gasteiger partial charge < -0.3 is 9.47 Å². The molecule has 6 nitrogen and oxygen atoms in total. The smallest absolute Gasteiger partial charge is 0.244 e. The maximum absolute atomic E-state index is 14.0. The average Bonchev–Trinajstić information content (AvgIpc) is 3.20. The normalized spacial score (nSPS) is 21.4. The van der Waals surface area contributed by atoms with Gasteiger partial charge >= 0.3 is 0 Å². The molecule has 0 radical (unpaired) electrons. The van der Waals surface area contributed by atoms with Crippen molar-refractivity contribution in [3.05, 3.63) is 41.7 Å². The SMILES string of the molecule is C[C@@H](N[C@H]1CCN(c2ccccc2F)C1=O)c1nnc2n1CCCC2. The van der Waals surface area contributed by atoms with Crippen LogP contribution in [0.5, 0.6) is 0 Å². The molecule has 1 amide bonds. The van der Waals surface area contributed by atoms with Crippen molar-refractivity contribution >= 4 is 11.6 Å². The summed E-state index contributed by atoms with van der Waals surface area (Å²) in [6, 6.07) is 6.01. The molecule has 0 aliphatic carbocycles. The Balaban J connectivity index is 1.48. The summed E-state index contributed by atoms with van der Waals surface area (Å²) in [6.45, 7) is 3.46. The highest BCUT2D eigenvalue weighted by atomic mass is 19.1. The Morgan fingerprint density at radius 1 is 1.24 bits per heavy atom. The molecule has 4 rings (SSSR count). The molecular formula is C18H22FN5O. The predicted molar refractivity (Wildman–Crippen MR) is 91.7 cm³/mol. The van der Waals surface area contributed by atoms with Gasteiger partial charge in [0.2, 0.25) is 5.91 Å². The second-order valence-corrected chi connectivity index (χ2v) is 6.75. The van der Waals surface area contributed by atoms with Crippen LogP contribution < -0.4 is 10.2 Å². The fourth-order valence-corrected chi connectivity index (χ4v) is 3.77. The van der Waals surface area contributed by atoms with Gasteiger partial charge in [-0.25, -0.2) is 4.39 Å². The Bertz CT molecular complexity index is 790. The standard InChI is InChI=1S/C18H22FN5O/c1-12(17-22-21-16-8-4-5-10-24(16)17)20-14-9-11-23(18(14)25)15-7-3-2-6-13(15)19/h2-3,6-7,12,14,20H,4-5,8-11H2,1H3/t12-,14+/m1/s1. The monoisotopic (exact) mass is 343 g/mol. The summed E-state index contributed by atoms with van der Waals surface area (Å²) in [6.07, 6.45) is 3.90. The van der Waals surface area contributed by atoms with E-state index in [0.717, 1.165) is 37.5 Å². The van der Waals surface area contributed by atoms with Gasteiger partial charge in [0.1, 0.15) is 17.5 Å². The third-order valence-electron chi connectivity index (χ3n) is 5.08. The topological polar surface area (TPSA) is 63.1 Å². The number of nitrogens with one attached hydrogen (secondary N) is 1. The Morgan fingerprint density at radius 2 is 2.08 bits per heavy atom. The van der Waals surface area contributed by atoms with E-state index in [1.165, 1.54) is 11.0 Å². The molecule has 0 unspecified atom stereocenters. The van der Waals surface area contributed by atoms with Crippen LogP contribution in [-0.4, -0.2) is 33.3 Å². The van der Waals surface area contributed by atoms with Crippen LogP contribution >= 0.6 is 0 Å². The van der Waals surface area contributed by atoms with E-state index in [1.54, 1.807) is 18.2 Å². The number of hydrogen-bond donors (Lipinski definition) is 1. The molecule has 0 saturated carbocycles. The third kappa shape index (κ3) is 2.93. The Labute approximate surface area is 146 Å². The van der Waals surface area contributed by atoms with E-state index >= 15 is 0 Å². The molecule has 1 aromatic heterocycles. The molecule has 1 fully saturated rings. The number of aryl methyl sites for hydroxylation is 1. The number of para-hydroxylation sites is 1. The summed E-state index contributed by atoms with van der Waals surface area (Å²) < 4.78 is 16.1. The molecule has 2 aliphatic heterocycles. The van der Waals surface area contributed by atoms with Crippen LogP contribution in [0.25, 0.3) is 0 Å². The Hall–Kier alpha value is -2.28. The van der Waals surface area contributed by atoms with Gasteiger partial charge in [-0.1, -0.05) is 12.1 Å². The Kier molecular flexibility index (Phi) is 4.25. The minimum absolute atomic E-state index is 0.0751. The molecule has 1 N–H and O–H groups in total. The van der Waals surface area contributed by atoms with Crippen molar-refractivity contribution < 1.29 is 9.18 Å². The van der Waals surface area contributed by atoms with Gasteiger partial charge in [-0.2, -0.15) is 0 Å². The molecule has 132 valence electrons. The molecule has 25 heavy (non-hydrogen) atoms. The van der Waals surface area contributed by atoms with Gasteiger partial charge in [0, 0.05) is 19.5 Å². The van der Waals surface area contributed by atoms with Crippen LogP contribution in [-0.2, 0) is 17.8 Å². The van der Waals surface area contributed by atoms with Crippen LogP contribution in [0.1, 0.15) is 43.9 Å². The molecule has 3 heterocycles. The summed E-state index contributed by atoms with van der Waals surface area (Å²) in [5.74, 6) is 1.46. The lowest BCUT2D eigenvalue weighted by atomic mass is 10.1. The lowest BCUT2D eigenvalue weighted by Gasteiger charge is -2.22. The van der Waals surface area contributed by atoms with Gasteiger partial charge in [-0.15, -0.1) is 10.2 Å². The number of rotatable bonds is 4. The third-order valence-corrected chi connectivity index (χ3v) is 5.08. The maximum Gasteiger partial charge on any atom is 0.244 e. The number of nitrogens with zero attached hydrogens (tertiary/aromatic N) is 4. The highest BCUT2D eigenvalue weighted by Crippen LogP contribution is 2.26. The molecular weight excluding hydrogens is 321 g/mol. The van der Waals surface area contributed by atoms with E-state index in [4.69, 9.17) is 0 Å². The molecule has 0 spiro atoms. The van der Waals surface area contributed by atoms with Crippen LogP contribution in [0.2, 0.25) is 0 Å². The van der Waals surface area contributed by atoms with E-state index in [1.807, 2.05) is 6.92 Å². The van der Waals surface area contributed by atoms with Gasteiger partial charge in [-0.05, 0) is 38.3 Å². The molecule has 2 atom stereocenters. The molecule has 2 aromatic rings. The van der Waals surface area contributed by atoms with Crippen molar-refractivity contribution in [3.63, 3.8) is 0 Å². The van der Waals surface area contributed by atoms with Gasteiger partial charge in [0.25, 0.3) is 0 Å². The summed E-state index contributed by atoms with van der Waals surface area (Å²) in [4.78, 5) is 14.2. The van der Waals surface area contributed by atoms with Crippen molar-refractivity contribution in [2.24, 2.45) is 0 Å². The number of halogens is 1. The number of fused-ring (bicyclic) bond motifs is 1. The van der Waals surface area contributed by atoms with Crippen LogP contribution in [0.4, 0.5) is 10.1 Å². The zero-order valence-electron chi connectivity index (χ0n) is 14.3. The van der Waals surface area contributed by atoms with E-state index < -0.39 is 0 Å². The fourth-order valence-electron chi connectivity index (χ4n) is 3.77. The number of benzene rings is 1. The molecule has 1 saturated heterocycles. The van der Waals surface area contributed by atoms with Crippen LogP contribution in [0, 0.1) is 5.82 Å². The van der Waals surface area contributed by atoms with E-state index in [9.17, 15) is 9.18 Å². The number of aromatic nitrogens is 3. The largest absolute Gasteiger partial charge is 0.314 e. The fraction of sp³-hybridized carbons (Fsp3) is 0.500. The first-order chi connectivity index (χ1) is 12.1. The van der Waals surface area contributed by atoms with E-state index in [-0.39, 0.29) is 23.8 Å². The lowest BCUT2D eigenvalue weighted by Crippen LogP contribution is -2.40. The average molecular weight is 343 g/mol. The quantitative estimate of drug-likeness (QED) is 0.924. The summed E-state index contributed by atoms with van der Waals surface area (Å²) >= 11 is 0. The second-order valence-electron chi connectivity index (χ2n) is 6.75. The molecule has 0 bridgehead atoms. The first kappa shape index (κ1) is 16.2. The number of anilines is 1. The number of carbonyl (C=O) groups is 1. The zero-order chi connectivity index (χ0) is 17.4. The molecule has 2 aliphatic rings. The maximum atomic E-state index is 14.0. The van der Waals surface area contributed by atoms with Crippen molar-refractivity contribution in [1.82, 2.24) is 20.1 Å². The lowest BCUT2D eigenvalue weighted by molar-refractivity contribution is -0.119. The minimum Gasteiger partial charge on any atom is -0.314 e. The van der Waals surface area contributed by atoms with Crippen molar-refractivity contribution in [3.8, 4) is 0 Å². The van der Waals surface area contributed by atoms with Crippen LogP contribution in [0.3, 0.4) is 0 Å². The number of hydrogen-bond acceptors (Lipinski definition) is 4. The van der Waals surface area contributed by atoms with Crippen molar-refractivity contribution in [2.45, 2.75) is 51.2 Å². The second kappa shape index (κ2) is 6.55. The Morgan fingerprint density at radius 3 is 2.92 bits per heavy atom. The van der Waals surface area contributed by atoms with E-state index in [2.05, 4.69) is 20.1 Å². The highest BCUT2D eigenvalue weighted by Gasteiger charge is 2.35. The van der Waals surface area contributed by atoms with E-state index in [0.29, 0.717) is 18.7 Å². The number of carbonyl (C=O) groups excluding carboxylic acids is 1. The summed E-state index contributed by atoms with van der Waals surface area (Å²) in [5.41, 5.74) is 0.351. The zero-order valence-corrected chi connectivity index (χ0v) is 14.3. The van der Waals surface area contributed by atoms with Gasteiger partial charge in [0.15, 0.2) is 0 Å². The summed E-state index contributed by atoms with van der Waals surface area (Å²) in [5, 5.41) is 12.0. The highest BCUT2D eigenvalue weighted by molar-refractivity contribution is 5.99. The van der Waals surface area contributed by atoms with Crippen LogP contribution in [0.15, 0.2) is 24.3 Å². The predicted octanol–water partition coefficient (Wildman–Crippen LogP) is 2.21. The van der Waals surface area contributed by atoms with Crippen molar-refractivity contribution in [2.75, 3.05) is 11.4 Å². The molecule has 1 aromatic carbocycles. The molecule has 7 heteroatoms. The first-order valence-electron chi connectivity index (χ1n) is 8.89. The number of amides is 1.